The van der Waals surface area contributed by atoms with Crippen LogP contribution in [0, 0.1) is 11.7 Å². The number of hydrogen-bond acceptors (Lipinski definition) is 3. The standard InChI is InChI=1S/C14H16ClFN2O3/c15-11-6-10(3-4-12(11)16)21-8-13(19)18-5-1-2-9(7-18)14(17)20/h3-4,6,9H,1-2,5,7-8H2,(H2,17,20). The van der Waals surface area contributed by atoms with Gasteiger partial charge in [-0.15, -0.1) is 0 Å². The highest BCUT2D eigenvalue weighted by atomic mass is 35.5. The van der Waals surface area contributed by atoms with Gasteiger partial charge in [-0.2, -0.15) is 0 Å². The average Bonchev–Trinajstić information content (AvgIpc) is 2.48. The predicted molar refractivity (Wildman–Crippen MR) is 75.4 cm³/mol. The molecule has 0 saturated carbocycles. The average molecular weight is 315 g/mol. The molecule has 21 heavy (non-hydrogen) atoms. The molecule has 7 heteroatoms. The lowest BCUT2D eigenvalue weighted by atomic mass is 9.97. The number of primary amides is 1. The molecule has 1 aromatic carbocycles. The molecule has 1 atom stereocenters. The van der Waals surface area contributed by atoms with E-state index >= 15 is 0 Å². The van der Waals surface area contributed by atoms with Gasteiger partial charge in [0.05, 0.1) is 10.9 Å². The molecule has 1 saturated heterocycles. The van der Waals surface area contributed by atoms with Gasteiger partial charge in [-0.25, -0.2) is 4.39 Å². The molecule has 2 amide bonds. The van der Waals surface area contributed by atoms with Gasteiger partial charge < -0.3 is 15.4 Å². The number of hydrogen-bond donors (Lipinski definition) is 1. The summed E-state index contributed by atoms with van der Waals surface area (Å²) in [6, 6.07) is 3.88. The van der Waals surface area contributed by atoms with Crippen molar-refractivity contribution in [1.29, 1.82) is 0 Å². The van der Waals surface area contributed by atoms with Crippen LogP contribution in [0.3, 0.4) is 0 Å². The molecule has 0 spiro atoms. The summed E-state index contributed by atoms with van der Waals surface area (Å²) in [6.07, 6.45) is 1.44. The molecule has 1 heterocycles. The quantitative estimate of drug-likeness (QED) is 0.917. The van der Waals surface area contributed by atoms with Crippen molar-refractivity contribution in [3.05, 3.63) is 29.0 Å². The number of carbonyl (C=O) groups excluding carboxylic acids is 2. The van der Waals surface area contributed by atoms with Gasteiger partial charge in [-0.05, 0) is 25.0 Å². The van der Waals surface area contributed by atoms with E-state index in [0.717, 1.165) is 6.42 Å². The molecular weight excluding hydrogens is 299 g/mol. The first-order chi connectivity index (χ1) is 9.97. The minimum Gasteiger partial charge on any atom is -0.484 e. The first-order valence-corrected chi connectivity index (χ1v) is 7.00. The monoisotopic (exact) mass is 314 g/mol. The molecule has 5 nitrogen and oxygen atoms in total. The number of halogens is 2. The summed E-state index contributed by atoms with van der Waals surface area (Å²) < 4.78 is 18.3. The molecule has 0 radical (unpaired) electrons. The highest BCUT2D eigenvalue weighted by Gasteiger charge is 2.27. The normalized spacial score (nSPS) is 18.4. The third-order valence-electron chi connectivity index (χ3n) is 3.43. The summed E-state index contributed by atoms with van der Waals surface area (Å²) in [5.74, 6) is -1.16. The molecule has 2 N–H and O–H groups in total. The Bertz CT molecular complexity index is 553. The summed E-state index contributed by atoms with van der Waals surface area (Å²) in [5.41, 5.74) is 5.27. The van der Waals surface area contributed by atoms with Crippen LogP contribution in [0.15, 0.2) is 18.2 Å². The molecule has 0 aromatic heterocycles. The van der Waals surface area contributed by atoms with Gasteiger partial charge in [-0.1, -0.05) is 11.6 Å². The fourth-order valence-electron chi connectivity index (χ4n) is 2.24. The molecule has 2 rings (SSSR count). The van der Waals surface area contributed by atoms with Crippen LogP contribution in [0.4, 0.5) is 4.39 Å². The van der Waals surface area contributed by atoms with Crippen LogP contribution in [0.25, 0.3) is 0 Å². The zero-order valence-corrected chi connectivity index (χ0v) is 12.1. The molecular formula is C14H16ClFN2O3. The Morgan fingerprint density at radius 1 is 1.48 bits per heavy atom. The number of carbonyl (C=O) groups is 2. The lowest BCUT2D eigenvalue weighted by Crippen LogP contribution is -2.45. The third kappa shape index (κ3) is 4.07. The van der Waals surface area contributed by atoms with Crippen molar-refractivity contribution in [2.75, 3.05) is 19.7 Å². The van der Waals surface area contributed by atoms with E-state index in [2.05, 4.69) is 0 Å². The van der Waals surface area contributed by atoms with Crippen molar-refractivity contribution in [1.82, 2.24) is 4.90 Å². The first-order valence-electron chi connectivity index (χ1n) is 6.62. The van der Waals surface area contributed by atoms with Crippen molar-refractivity contribution in [2.45, 2.75) is 12.8 Å². The van der Waals surface area contributed by atoms with Crippen LogP contribution in [-0.4, -0.2) is 36.4 Å². The number of ether oxygens (including phenoxy) is 1. The van der Waals surface area contributed by atoms with Crippen LogP contribution < -0.4 is 10.5 Å². The van der Waals surface area contributed by atoms with E-state index in [1.165, 1.54) is 18.2 Å². The highest BCUT2D eigenvalue weighted by molar-refractivity contribution is 6.30. The number of piperidine rings is 1. The Balaban J connectivity index is 1.89. The van der Waals surface area contributed by atoms with Gasteiger partial charge in [-0.3, -0.25) is 9.59 Å². The molecule has 1 aliphatic rings. The number of amides is 2. The Hall–Kier alpha value is -1.82. The van der Waals surface area contributed by atoms with Crippen LogP contribution >= 0.6 is 11.6 Å². The SMILES string of the molecule is NC(=O)C1CCCN(C(=O)COc2ccc(F)c(Cl)c2)C1. The second-order valence-corrected chi connectivity index (χ2v) is 5.35. The van der Waals surface area contributed by atoms with E-state index in [0.29, 0.717) is 25.3 Å². The maximum Gasteiger partial charge on any atom is 0.260 e. The van der Waals surface area contributed by atoms with Crippen molar-refractivity contribution < 1.29 is 18.7 Å². The zero-order chi connectivity index (χ0) is 15.4. The van der Waals surface area contributed by atoms with E-state index in [1.807, 2.05) is 0 Å². The second kappa shape index (κ2) is 6.76. The maximum atomic E-state index is 13.0. The van der Waals surface area contributed by atoms with Gasteiger partial charge in [0.1, 0.15) is 11.6 Å². The molecule has 0 bridgehead atoms. The number of rotatable bonds is 4. The molecule has 0 aliphatic carbocycles. The van der Waals surface area contributed by atoms with Crippen molar-refractivity contribution in [3.63, 3.8) is 0 Å². The van der Waals surface area contributed by atoms with Gasteiger partial charge in [0, 0.05) is 19.2 Å². The number of benzene rings is 1. The second-order valence-electron chi connectivity index (χ2n) is 4.95. The van der Waals surface area contributed by atoms with Gasteiger partial charge in [0.15, 0.2) is 6.61 Å². The smallest absolute Gasteiger partial charge is 0.260 e. The van der Waals surface area contributed by atoms with E-state index in [1.54, 1.807) is 4.90 Å². The highest BCUT2D eigenvalue weighted by Crippen LogP contribution is 2.21. The number of likely N-dealkylation sites (tertiary alicyclic amines) is 1. The number of nitrogens with two attached hydrogens (primary N) is 1. The van der Waals surface area contributed by atoms with Crippen LogP contribution in [0.2, 0.25) is 5.02 Å². The fourth-order valence-corrected chi connectivity index (χ4v) is 2.41. The third-order valence-corrected chi connectivity index (χ3v) is 3.72. The van der Waals surface area contributed by atoms with Crippen molar-refractivity contribution in [3.8, 4) is 5.75 Å². The Labute approximate surface area is 126 Å². The minimum atomic E-state index is -0.546. The first kappa shape index (κ1) is 15.6. The van der Waals surface area contributed by atoms with E-state index < -0.39 is 11.7 Å². The van der Waals surface area contributed by atoms with Crippen LogP contribution in [0.5, 0.6) is 5.75 Å². The Morgan fingerprint density at radius 2 is 2.24 bits per heavy atom. The minimum absolute atomic E-state index is 0.0632. The van der Waals surface area contributed by atoms with E-state index in [9.17, 15) is 14.0 Å². The largest absolute Gasteiger partial charge is 0.484 e. The number of nitrogens with zero attached hydrogens (tertiary/aromatic N) is 1. The summed E-state index contributed by atoms with van der Waals surface area (Å²) >= 11 is 5.63. The van der Waals surface area contributed by atoms with Crippen LogP contribution in [0.1, 0.15) is 12.8 Å². The topological polar surface area (TPSA) is 72.6 Å². The predicted octanol–water partition coefficient (Wildman–Crippen LogP) is 1.58. The van der Waals surface area contributed by atoms with Crippen molar-refractivity contribution >= 4 is 23.4 Å². The van der Waals surface area contributed by atoms with Gasteiger partial charge in [0.25, 0.3) is 5.91 Å². The lowest BCUT2D eigenvalue weighted by Gasteiger charge is -2.31. The summed E-state index contributed by atoms with van der Waals surface area (Å²) in [6.45, 7) is 0.714. The fraction of sp³-hybridized carbons (Fsp3) is 0.429. The summed E-state index contributed by atoms with van der Waals surface area (Å²) in [4.78, 5) is 24.8. The van der Waals surface area contributed by atoms with Gasteiger partial charge in [0.2, 0.25) is 5.91 Å². The van der Waals surface area contributed by atoms with E-state index in [4.69, 9.17) is 22.1 Å². The molecule has 1 aromatic rings. The molecule has 1 fully saturated rings. The summed E-state index contributed by atoms with van der Waals surface area (Å²) in [5, 5.41) is -0.0632. The Morgan fingerprint density at radius 3 is 2.90 bits per heavy atom. The molecule has 1 unspecified atom stereocenters. The lowest BCUT2D eigenvalue weighted by molar-refractivity contribution is -0.136. The summed E-state index contributed by atoms with van der Waals surface area (Å²) in [7, 11) is 0. The Kier molecular flexibility index (Phi) is 5.01. The molecule has 114 valence electrons. The maximum absolute atomic E-state index is 13.0. The zero-order valence-electron chi connectivity index (χ0n) is 11.4. The van der Waals surface area contributed by atoms with Crippen molar-refractivity contribution in [2.24, 2.45) is 11.7 Å². The van der Waals surface area contributed by atoms with E-state index in [-0.39, 0.29) is 23.5 Å². The van der Waals surface area contributed by atoms with Gasteiger partial charge >= 0.3 is 0 Å². The van der Waals surface area contributed by atoms with Crippen LogP contribution in [-0.2, 0) is 9.59 Å². The molecule has 1 aliphatic heterocycles.